The maximum absolute atomic E-state index is 14.4. The van der Waals surface area contributed by atoms with Crippen LogP contribution in [0.1, 0.15) is 44.9 Å². The number of nitriles is 1. The van der Waals surface area contributed by atoms with Gasteiger partial charge in [0.2, 0.25) is 0 Å². The second-order valence-corrected chi connectivity index (χ2v) is 7.77. The summed E-state index contributed by atoms with van der Waals surface area (Å²) < 4.78 is 43.2. The van der Waals surface area contributed by atoms with Gasteiger partial charge in [0.15, 0.2) is 5.54 Å². The number of rotatable bonds is 5. The molecule has 2 unspecified atom stereocenters. The Balaban J connectivity index is 2.11. The largest absolute Gasteiger partial charge is 0.417 e. The Morgan fingerprint density at radius 1 is 1.17 bits per heavy atom. The van der Waals surface area contributed by atoms with E-state index >= 15 is 0 Å². The summed E-state index contributed by atoms with van der Waals surface area (Å²) in [4.78, 5) is 28.4. The molecule has 2 fully saturated rings. The summed E-state index contributed by atoms with van der Waals surface area (Å²) in [6, 6.07) is 0.615. The van der Waals surface area contributed by atoms with Crippen LogP contribution in [0.5, 0.6) is 0 Å². The first-order valence-electron chi connectivity index (χ1n) is 9.86. The number of unbranched alkanes of at least 4 members (excludes halogenated alkanes) is 1. The van der Waals surface area contributed by atoms with Crippen molar-refractivity contribution in [2.24, 2.45) is 5.92 Å². The molecule has 6 nitrogen and oxygen atoms in total. The fraction of sp³-hybridized carbons (Fsp3) is 0.650. The summed E-state index contributed by atoms with van der Waals surface area (Å²) in [5.74, 6) is -2.60. The average Bonchev–Trinajstić information content (AvgIpc) is 2.89. The number of amides is 3. The van der Waals surface area contributed by atoms with Crippen LogP contribution in [0.4, 0.5) is 18.0 Å². The molecule has 2 aliphatic carbocycles. The van der Waals surface area contributed by atoms with Gasteiger partial charge in [-0.15, -0.1) is 0 Å². The monoisotopic (exact) mass is 411 g/mol. The standard InChI is InChI=1S/C20H24F3N3O3/c21-20(22,23)19(11-5-2-8-15(19)14-24)26-16(28)18(9-3-1-4-10-18)25(17(26)29)12-6-7-13-27/h2,5,8,11,15,27H,1,3-4,6-7,9-10,12-13H2. The minimum absolute atomic E-state index is 0.0896. The SMILES string of the molecule is N#CC1C=CC=CC1(N1C(=O)N(CCCCO)C2(CCCCC2)C1=O)C(F)(F)F. The number of nitrogens with zero attached hydrogens (tertiary/aromatic N) is 3. The van der Waals surface area contributed by atoms with E-state index in [1.54, 1.807) is 6.07 Å². The Morgan fingerprint density at radius 2 is 1.86 bits per heavy atom. The smallest absolute Gasteiger partial charge is 0.396 e. The zero-order chi connectivity index (χ0) is 21.3. The molecule has 0 aromatic carbocycles. The molecule has 0 radical (unpaired) electrons. The van der Waals surface area contributed by atoms with Crippen molar-refractivity contribution in [1.29, 1.82) is 5.26 Å². The highest BCUT2D eigenvalue weighted by atomic mass is 19.4. The van der Waals surface area contributed by atoms with E-state index in [2.05, 4.69) is 0 Å². The fourth-order valence-electron chi connectivity index (χ4n) is 4.73. The van der Waals surface area contributed by atoms with Gasteiger partial charge >= 0.3 is 12.2 Å². The topological polar surface area (TPSA) is 84.6 Å². The van der Waals surface area contributed by atoms with Crippen molar-refractivity contribution in [2.75, 3.05) is 13.2 Å². The van der Waals surface area contributed by atoms with Crippen LogP contribution in [0.2, 0.25) is 0 Å². The molecule has 3 aliphatic rings. The number of alkyl halides is 3. The van der Waals surface area contributed by atoms with Crippen LogP contribution in [0, 0.1) is 17.2 Å². The van der Waals surface area contributed by atoms with Crippen LogP contribution in [0.15, 0.2) is 24.3 Å². The lowest BCUT2D eigenvalue weighted by atomic mass is 9.76. The third kappa shape index (κ3) is 3.14. The quantitative estimate of drug-likeness (QED) is 0.556. The molecule has 1 saturated heterocycles. The Bertz CT molecular complexity index is 765. The second-order valence-electron chi connectivity index (χ2n) is 7.77. The Morgan fingerprint density at radius 3 is 2.45 bits per heavy atom. The van der Waals surface area contributed by atoms with Crippen molar-refractivity contribution in [3.05, 3.63) is 24.3 Å². The number of hydrogen-bond donors (Lipinski definition) is 1. The van der Waals surface area contributed by atoms with Crippen LogP contribution < -0.4 is 0 Å². The summed E-state index contributed by atoms with van der Waals surface area (Å²) in [6.07, 6.45) is 2.75. The summed E-state index contributed by atoms with van der Waals surface area (Å²) in [7, 11) is 0. The molecular formula is C20H24F3N3O3. The van der Waals surface area contributed by atoms with E-state index in [4.69, 9.17) is 5.11 Å². The van der Waals surface area contributed by atoms with Gasteiger partial charge in [0, 0.05) is 13.2 Å². The van der Waals surface area contributed by atoms with E-state index < -0.39 is 35.1 Å². The van der Waals surface area contributed by atoms with Crippen LogP contribution in [0.25, 0.3) is 0 Å². The minimum Gasteiger partial charge on any atom is -0.396 e. The highest BCUT2D eigenvalue weighted by Crippen LogP contribution is 2.51. The zero-order valence-corrected chi connectivity index (χ0v) is 16.0. The first-order chi connectivity index (χ1) is 13.8. The average molecular weight is 411 g/mol. The first-order valence-corrected chi connectivity index (χ1v) is 9.86. The number of halogens is 3. The van der Waals surface area contributed by atoms with Gasteiger partial charge in [-0.3, -0.25) is 4.79 Å². The predicted octanol–water partition coefficient (Wildman–Crippen LogP) is 3.29. The van der Waals surface area contributed by atoms with Crippen molar-refractivity contribution >= 4 is 11.9 Å². The lowest BCUT2D eigenvalue weighted by molar-refractivity contribution is -0.213. The van der Waals surface area contributed by atoms with Crippen LogP contribution in [-0.4, -0.2) is 57.3 Å². The van der Waals surface area contributed by atoms with Gasteiger partial charge < -0.3 is 10.0 Å². The number of carbonyl (C=O) groups excluding carboxylic acids is 2. The molecule has 1 aliphatic heterocycles. The molecule has 2 atom stereocenters. The summed E-state index contributed by atoms with van der Waals surface area (Å²) in [6.45, 7) is -0.0183. The molecule has 29 heavy (non-hydrogen) atoms. The fourth-order valence-corrected chi connectivity index (χ4v) is 4.73. The maximum Gasteiger partial charge on any atom is 0.417 e. The lowest BCUT2D eigenvalue weighted by Crippen LogP contribution is -2.64. The Kier molecular flexibility index (Phi) is 5.77. The molecular weight excluding hydrogens is 387 g/mol. The molecule has 1 saturated carbocycles. The summed E-state index contributed by atoms with van der Waals surface area (Å²) >= 11 is 0. The molecule has 1 heterocycles. The summed E-state index contributed by atoms with van der Waals surface area (Å²) in [5, 5.41) is 18.5. The maximum atomic E-state index is 14.4. The lowest BCUT2D eigenvalue weighted by Gasteiger charge is -2.42. The van der Waals surface area contributed by atoms with E-state index in [0.29, 0.717) is 43.4 Å². The highest BCUT2D eigenvalue weighted by molar-refractivity contribution is 6.08. The third-order valence-electron chi connectivity index (χ3n) is 6.21. The van der Waals surface area contributed by atoms with E-state index in [9.17, 15) is 28.0 Å². The number of imide groups is 1. The van der Waals surface area contributed by atoms with Crippen LogP contribution in [0.3, 0.4) is 0 Å². The number of aliphatic hydroxyl groups excluding tert-OH is 1. The van der Waals surface area contributed by atoms with Crippen LogP contribution >= 0.6 is 0 Å². The minimum atomic E-state index is -5.02. The molecule has 0 aromatic rings. The third-order valence-corrected chi connectivity index (χ3v) is 6.21. The van der Waals surface area contributed by atoms with Crippen molar-refractivity contribution in [1.82, 2.24) is 9.80 Å². The van der Waals surface area contributed by atoms with Crippen LogP contribution in [-0.2, 0) is 4.79 Å². The number of urea groups is 1. The second kappa shape index (κ2) is 7.82. The van der Waals surface area contributed by atoms with Gasteiger partial charge in [0.25, 0.3) is 5.91 Å². The Labute approximate surface area is 167 Å². The molecule has 0 aromatic heterocycles. The highest BCUT2D eigenvalue weighted by Gasteiger charge is 2.71. The van der Waals surface area contributed by atoms with Gasteiger partial charge in [-0.1, -0.05) is 37.5 Å². The zero-order valence-electron chi connectivity index (χ0n) is 16.0. The normalized spacial score (nSPS) is 29.0. The van der Waals surface area contributed by atoms with E-state index in [1.807, 2.05) is 0 Å². The molecule has 3 amide bonds. The molecule has 158 valence electrons. The number of hydrogen-bond acceptors (Lipinski definition) is 4. The van der Waals surface area contributed by atoms with Gasteiger partial charge in [-0.25, -0.2) is 9.69 Å². The van der Waals surface area contributed by atoms with E-state index in [1.165, 1.54) is 11.0 Å². The first kappa shape index (κ1) is 21.4. The van der Waals surface area contributed by atoms with Crippen molar-refractivity contribution < 1.29 is 27.9 Å². The van der Waals surface area contributed by atoms with Crippen molar-refractivity contribution in [2.45, 2.75) is 62.2 Å². The molecule has 1 N–H and O–H groups in total. The Hall–Kier alpha value is -2.34. The predicted molar refractivity (Wildman–Crippen MR) is 97.3 cm³/mol. The molecule has 3 rings (SSSR count). The summed E-state index contributed by atoms with van der Waals surface area (Å²) in [5.41, 5.74) is -4.33. The number of aliphatic hydroxyl groups is 1. The van der Waals surface area contributed by atoms with Gasteiger partial charge in [0.05, 0.1) is 6.07 Å². The molecule has 1 spiro atoms. The van der Waals surface area contributed by atoms with Crippen molar-refractivity contribution in [3.63, 3.8) is 0 Å². The van der Waals surface area contributed by atoms with E-state index in [0.717, 1.165) is 24.6 Å². The van der Waals surface area contributed by atoms with Crippen molar-refractivity contribution in [3.8, 4) is 6.07 Å². The van der Waals surface area contributed by atoms with Gasteiger partial charge in [-0.05, 0) is 31.8 Å². The van der Waals surface area contributed by atoms with Gasteiger partial charge in [0.1, 0.15) is 11.5 Å². The molecule has 0 bridgehead atoms. The van der Waals surface area contributed by atoms with E-state index in [-0.39, 0.29) is 13.2 Å². The molecule has 9 heteroatoms. The number of allylic oxidation sites excluding steroid dienone is 2. The van der Waals surface area contributed by atoms with Gasteiger partial charge in [-0.2, -0.15) is 18.4 Å². The number of carbonyl (C=O) groups is 2.